The predicted molar refractivity (Wildman–Crippen MR) is 73.2 cm³/mol. The summed E-state index contributed by atoms with van der Waals surface area (Å²) in [6.45, 7) is 3.70. The average Bonchev–Trinajstić information content (AvgIpc) is 2.39. The number of hydrogen-bond acceptors (Lipinski definition) is 3. The molecule has 2 unspecified atom stereocenters. The highest BCUT2D eigenvalue weighted by molar-refractivity contribution is 6.30. The summed E-state index contributed by atoms with van der Waals surface area (Å²) in [5.74, 6) is 0.869. The van der Waals surface area contributed by atoms with Crippen LogP contribution in [-0.2, 0) is 5.60 Å². The molecule has 3 nitrogen and oxygen atoms in total. The second-order valence-corrected chi connectivity index (χ2v) is 5.47. The number of piperidine rings is 1. The van der Waals surface area contributed by atoms with Gasteiger partial charge in [0.25, 0.3) is 0 Å². The van der Waals surface area contributed by atoms with Crippen LogP contribution < -0.4 is 10.1 Å². The Hall–Kier alpha value is -0.770. The monoisotopic (exact) mass is 269 g/mol. The van der Waals surface area contributed by atoms with Crippen LogP contribution in [0.2, 0.25) is 5.02 Å². The van der Waals surface area contributed by atoms with E-state index in [0.717, 1.165) is 31.5 Å². The third-order valence-electron chi connectivity index (χ3n) is 3.80. The minimum atomic E-state index is -0.927. The quantitative estimate of drug-likeness (QED) is 0.886. The molecule has 0 amide bonds. The fourth-order valence-corrected chi connectivity index (χ4v) is 2.80. The van der Waals surface area contributed by atoms with Crippen LogP contribution in [0.1, 0.15) is 25.3 Å². The number of ether oxygens (including phenoxy) is 1. The van der Waals surface area contributed by atoms with Gasteiger partial charge in [0.1, 0.15) is 5.75 Å². The highest BCUT2D eigenvalue weighted by Gasteiger charge is 2.36. The fourth-order valence-electron chi connectivity index (χ4n) is 2.63. The van der Waals surface area contributed by atoms with Crippen LogP contribution in [0.3, 0.4) is 0 Å². The molecule has 1 aliphatic rings. The summed E-state index contributed by atoms with van der Waals surface area (Å²) in [5, 5.41) is 14.8. The van der Waals surface area contributed by atoms with Gasteiger partial charge in [0.15, 0.2) is 0 Å². The van der Waals surface area contributed by atoms with Crippen LogP contribution in [-0.4, -0.2) is 25.3 Å². The van der Waals surface area contributed by atoms with E-state index >= 15 is 0 Å². The van der Waals surface area contributed by atoms with Crippen LogP contribution >= 0.6 is 11.6 Å². The number of nitrogens with one attached hydrogen (secondary N) is 1. The Morgan fingerprint density at radius 3 is 2.89 bits per heavy atom. The zero-order valence-corrected chi connectivity index (χ0v) is 11.6. The van der Waals surface area contributed by atoms with Crippen molar-refractivity contribution in [2.45, 2.75) is 25.4 Å². The molecule has 1 saturated heterocycles. The molecular formula is C14H20ClNO2. The molecule has 2 rings (SSSR count). The minimum absolute atomic E-state index is 0.179. The van der Waals surface area contributed by atoms with E-state index in [9.17, 15) is 5.11 Å². The van der Waals surface area contributed by atoms with Crippen molar-refractivity contribution >= 4 is 11.6 Å². The molecule has 0 spiro atoms. The summed E-state index contributed by atoms with van der Waals surface area (Å²) in [6, 6.07) is 5.39. The normalized spacial score (nSPS) is 23.4. The molecule has 18 heavy (non-hydrogen) atoms. The van der Waals surface area contributed by atoms with Gasteiger partial charge in [-0.25, -0.2) is 0 Å². The predicted octanol–water partition coefficient (Wildman–Crippen LogP) is 2.56. The molecule has 2 atom stereocenters. The molecule has 2 N–H and O–H groups in total. The molecule has 4 heteroatoms. The topological polar surface area (TPSA) is 41.5 Å². The van der Waals surface area contributed by atoms with Crippen LogP contribution in [0.25, 0.3) is 0 Å². The molecule has 0 aliphatic carbocycles. The number of methoxy groups -OCH3 is 1. The smallest absolute Gasteiger partial charge is 0.125 e. The van der Waals surface area contributed by atoms with E-state index in [1.807, 2.05) is 13.0 Å². The van der Waals surface area contributed by atoms with Crippen LogP contribution in [0.15, 0.2) is 18.2 Å². The average molecular weight is 270 g/mol. The molecule has 0 bridgehead atoms. The van der Waals surface area contributed by atoms with Crippen molar-refractivity contribution in [3.05, 3.63) is 28.8 Å². The van der Waals surface area contributed by atoms with Crippen LogP contribution in [0.4, 0.5) is 0 Å². The van der Waals surface area contributed by atoms with E-state index in [1.54, 1.807) is 19.2 Å². The summed E-state index contributed by atoms with van der Waals surface area (Å²) < 4.78 is 5.34. The van der Waals surface area contributed by atoms with Gasteiger partial charge in [-0.15, -0.1) is 0 Å². The van der Waals surface area contributed by atoms with Gasteiger partial charge in [0, 0.05) is 23.0 Å². The Morgan fingerprint density at radius 2 is 2.28 bits per heavy atom. The molecular weight excluding hydrogens is 250 g/mol. The lowest BCUT2D eigenvalue weighted by molar-refractivity contribution is -0.0174. The van der Waals surface area contributed by atoms with Gasteiger partial charge < -0.3 is 15.2 Å². The van der Waals surface area contributed by atoms with E-state index < -0.39 is 5.60 Å². The van der Waals surface area contributed by atoms with Gasteiger partial charge in [-0.1, -0.05) is 11.6 Å². The van der Waals surface area contributed by atoms with Crippen molar-refractivity contribution < 1.29 is 9.84 Å². The summed E-state index contributed by atoms with van der Waals surface area (Å²) in [6.07, 6.45) is 2.10. The molecule has 0 aromatic heterocycles. The van der Waals surface area contributed by atoms with Gasteiger partial charge in [-0.3, -0.25) is 0 Å². The minimum Gasteiger partial charge on any atom is -0.496 e. The summed E-state index contributed by atoms with van der Waals surface area (Å²) >= 11 is 6.04. The van der Waals surface area contributed by atoms with Crippen molar-refractivity contribution in [3.63, 3.8) is 0 Å². The van der Waals surface area contributed by atoms with Crippen molar-refractivity contribution in [3.8, 4) is 5.75 Å². The molecule has 1 fully saturated rings. The van der Waals surface area contributed by atoms with E-state index in [-0.39, 0.29) is 5.92 Å². The molecule has 100 valence electrons. The van der Waals surface area contributed by atoms with E-state index in [1.165, 1.54) is 0 Å². The highest BCUT2D eigenvalue weighted by Crippen LogP contribution is 2.39. The maximum Gasteiger partial charge on any atom is 0.125 e. The van der Waals surface area contributed by atoms with Crippen molar-refractivity contribution in [2.24, 2.45) is 5.92 Å². The van der Waals surface area contributed by atoms with E-state index in [2.05, 4.69) is 5.32 Å². The Labute approximate surface area is 113 Å². The fraction of sp³-hybridized carbons (Fsp3) is 0.571. The van der Waals surface area contributed by atoms with Crippen molar-refractivity contribution in [2.75, 3.05) is 20.2 Å². The molecule has 1 aromatic carbocycles. The van der Waals surface area contributed by atoms with Gasteiger partial charge >= 0.3 is 0 Å². The highest BCUT2D eigenvalue weighted by atomic mass is 35.5. The molecule has 1 aromatic rings. The Morgan fingerprint density at radius 1 is 1.50 bits per heavy atom. The number of halogens is 1. The number of hydrogen-bond donors (Lipinski definition) is 2. The first-order valence-corrected chi connectivity index (χ1v) is 6.70. The molecule has 0 saturated carbocycles. The maximum absolute atomic E-state index is 10.9. The summed E-state index contributed by atoms with van der Waals surface area (Å²) in [5.41, 5.74) is -0.157. The lowest BCUT2D eigenvalue weighted by Crippen LogP contribution is -2.42. The largest absolute Gasteiger partial charge is 0.496 e. The van der Waals surface area contributed by atoms with Crippen LogP contribution in [0, 0.1) is 5.92 Å². The first-order valence-electron chi connectivity index (χ1n) is 6.33. The van der Waals surface area contributed by atoms with Gasteiger partial charge in [-0.2, -0.15) is 0 Å². The van der Waals surface area contributed by atoms with Crippen molar-refractivity contribution in [1.82, 2.24) is 5.32 Å². The third kappa shape index (κ3) is 2.63. The maximum atomic E-state index is 10.9. The zero-order valence-electron chi connectivity index (χ0n) is 10.9. The molecule has 0 radical (unpaired) electrons. The number of benzene rings is 1. The van der Waals surface area contributed by atoms with Crippen LogP contribution in [0.5, 0.6) is 5.75 Å². The number of rotatable bonds is 3. The first-order chi connectivity index (χ1) is 8.55. The standard InChI is InChI=1S/C14H20ClNO2/c1-14(17,10-4-3-7-16-9-10)12-8-11(15)5-6-13(12)18-2/h5-6,8,10,16-17H,3-4,7,9H2,1-2H3. The summed E-state index contributed by atoms with van der Waals surface area (Å²) in [4.78, 5) is 0. The summed E-state index contributed by atoms with van der Waals surface area (Å²) in [7, 11) is 1.61. The first kappa shape index (κ1) is 13.7. The SMILES string of the molecule is COc1ccc(Cl)cc1C(C)(O)C1CCCNC1. The van der Waals surface area contributed by atoms with E-state index in [0.29, 0.717) is 10.8 Å². The van der Waals surface area contributed by atoms with E-state index in [4.69, 9.17) is 16.3 Å². The molecule has 1 heterocycles. The lowest BCUT2D eigenvalue weighted by atomic mass is 9.78. The Kier molecular flexibility index (Phi) is 4.15. The van der Waals surface area contributed by atoms with Gasteiger partial charge in [0.2, 0.25) is 0 Å². The zero-order chi connectivity index (χ0) is 13.2. The lowest BCUT2D eigenvalue weighted by Gasteiger charge is -2.37. The Balaban J connectivity index is 2.35. The Bertz CT molecular complexity index is 414. The molecule has 1 aliphatic heterocycles. The third-order valence-corrected chi connectivity index (χ3v) is 4.03. The second kappa shape index (κ2) is 5.47. The second-order valence-electron chi connectivity index (χ2n) is 5.04. The van der Waals surface area contributed by atoms with Gasteiger partial charge in [0.05, 0.1) is 12.7 Å². The van der Waals surface area contributed by atoms with Crippen molar-refractivity contribution in [1.29, 1.82) is 0 Å². The number of aliphatic hydroxyl groups is 1. The van der Waals surface area contributed by atoms with Gasteiger partial charge in [-0.05, 0) is 44.5 Å².